The van der Waals surface area contributed by atoms with Crippen molar-refractivity contribution in [3.05, 3.63) is 37.0 Å². The van der Waals surface area contributed by atoms with E-state index in [9.17, 15) is 9.90 Å². The Hall–Kier alpha value is -1.15. The second kappa shape index (κ2) is 7.41. The first kappa shape index (κ1) is 18.9. The predicted octanol–water partition coefficient (Wildman–Crippen LogP) is 4.71. The lowest BCUT2D eigenvalue weighted by Crippen LogP contribution is -2.49. The van der Waals surface area contributed by atoms with Crippen LogP contribution in [0.25, 0.3) is 0 Å². The summed E-state index contributed by atoms with van der Waals surface area (Å²) in [5, 5.41) is 9.90. The molecule has 0 saturated heterocycles. The standard InChI is InChI=1S/C20H32O2/c1-7-15(3)10-11-17(16(4)22)20(6)13-9-12-19(5,14-21)18(20)8-2/h7-8,10,17-18,21H,1-2,9,11-14H2,3-6H3/b15-10+/t17-,18-,19-,20+/m0/s1. The molecular formula is C20H32O2. The molecular weight excluding hydrogens is 272 g/mol. The summed E-state index contributed by atoms with van der Waals surface area (Å²) in [4.78, 5) is 12.4. The van der Waals surface area contributed by atoms with Crippen molar-refractivity contribution in [3.63, 3.8) is 0 Å². The van der Waals surface area contributed by atoms with Gasteiger partial charge in [0, 0.05) is 12.5 Å². The van der Waals surface area contributed by atoms with Gasteiger partial charge >= 0.3 is 0 Å². The SMILES string of the molecule is C=C/C(C)=C/C[C@@H](C(C)=O)[C@@]1(C)CCC[C@@](C)(CO)[C@@H]1C=C. The van der Waals surface area contributed by atoms with Crippen molar-refractivity contribution in [1.82, 2.24) is 0 Å². The van der Waals surface area contributed by atoms with Crippen LogP contribution in [0.1, 0.15) is 53.4 Å². The molecule has 0 aromatic carbocycles. The van der Waals surface area contributed by atoms with E-state index in [0.29, 0.717) is 0 Å². The topological polar surface area (TPSA) is 37.3 Å². The summed E-state index contributed by atoms with van der Waals surface area (Å²) in [5.41, 5.74) is 0.770. The van der Waals surface area contributed by atoms with Crippen molar-refractivity contribution in [2.24, 2.45) is 22.7 Å². The zero-order valence-corrected chi connectivity index (χ0v) is 14.7. The minimum atomic E-state index is -0.181. The molecule has 1 aliphatic rings. The maximum absolute atomic E-state index is 12.4. The molecule has 0 amide bonds. The number of aliphatic hydroxyl groups is 1. The number of hydrogen-bond acceptors (Lipinski definition) is 2. The normalized spacial score (nSPS) is 34.0. The van der Waals surface area contributed by atoms with Crippen molar-refractivity contribution < 1.29 is 9.90 Å². The molecule has 0 aromatic heterocycles. The van der Waals surface area contributed by atoms with Crippen LogP contribution in [0.15, 0.2) is 37.0 Å². The fourth-order valence-electron chi connectivity index (χ4n) is 4.39. The van der Waals surface area contributed by atoms with Gasteiger partial charge in [-0.3, -0.25) is 4.79 Å². The van der Waals surface area contributed by atoms with Crippen molar-refractivity contribution in [3.8, 4) is 0 Å². The molecule has 4 atom stereocenters. The maximum Gasteiger partial charge on any atom is 0.133 e. The van der Waals surface area contributed by atoms with Gasteiger partial charge in [-0.25, -0.2) is 0 Å². The minimum Gasteiger partial charge on any atom is -0.396 e. The van der Waals surface area contributed by atoms with Crippen LogP contribution in [-0.2, 0) is 4.79 Å². The highest BCUT2D eigenvalue weighted by Crippen LogP contribution is 2.56. The first-order chi connectivity index (χ1) is 10.2. The number of carbonyl (C=O) groups is 1. The van der Waals surface area contributed by atoms with E-state index < -0.39 is 0 Å². The summed E-state index contributed by atoms with van der Waals surface area (Å²) < 4.78 is 0. The fourth-order valence-corrected chi connectivity index (χ4v) is 4.39. The van der Waals surface area contributed by atoms with Crippen LogP contribution < -0.4 is 0 Å². The molecule has 0 heterocycles. The molecule has 0 spiro atoms. The van der Waals surface area contributed by atoms with Crippen LogP contribution >= 0.6 is 0 Å². The lowest BCUT2D eigenvalue weighted by Gasteiger charge is -2.53. The zero-order valence-electron chi connectivity index (χ0n) is 14.7. The Morgan fingerprint density at radius 3 is 2.41 bits per heavy atom. The molecule has 1 fully saturated rings. The molecule has 124 valence electrons. The first-order valence-electron chi connectivity index (χ1n) is 8.28. The van der Waals surface area contributed by atoms with Crippen LogP contribution in [0.4, 0.5) is 0 Å². The fraction of sp³-hybridized carbons (Fsp3) is 0.650. The summed E-state index contributed by atoms with van der Waals surface area (Å²) in [7, 11) is 0. The van der Waals surface area contributed by atoms with Gasteiger partial charge in [-0.2, -0.15) is 0 Å². The Balaban J connectivity index is 3.21. The van der Waals surface area contributed by atoms with Gasteiger partial charge in [-0.1, -0.05) is 50.6 Å². The Morgan fingerprint density at radius 2 is 1.95 bits per heavy atom. The lowest BCUT2D eigenvalue weighted by molar-refractivity contribution is -0.130. The average molecular weight is 304 g/mol. The predicted molar refractivity (Wildman–Crippen MR) is 93.6 cm³/mol. The molecule has 0 unspecified atom stereocenters. The molecule has 1 N–H and O–H groups in total. The van der Waals surface area contributed by atoms with Crippen molar-refractivity contribution in [1.29, 1.82) is 0 Å². The van der Waals surface area contributed by atoms with Gasteiger partial charge in [0.05, 0.1) is 0 Å². The molecule has 0 aromatic rings. The summed E-state index contributed by atoms with van der Waals surface area (Å²) in [6, 6.07) is 0. The molecule has 0 aliphatic heterocycles. The summed E-state index contributed by atoms with van der Waals surface area (Å²) >= 11 is 0. The van der Waals surface area contributed by atoms with E-state index in [1.54, 1.807) is 6.92 Å². The van der Waals surface area contributed by atoms with Gasteiger partial charge in [-0.15, -0.1) is 6.58 Å². The van der Waals surface area contributed by atoms with Gasteiger partial charge in [0.25, 0.3) is 0 Å². The van der Waals surface area contributed by atoms with Crippen LogP contribution in [0.3, 0.4) is 0 Å². The largest absolute Gasteiger partial charge is 0.396 e. The molecule has 0 bridgehead atoms. The van der Waals surface area contributed by atoms with E-state index in [1.165, 1.54) is 0 Å². The summed E-state index contributed by atoms with van der Waals surface area (Å²) in [6.45, 7) is 16.0. The van der Waals surface area contributed by atoms with Crippen LogP contribution in [0.5, 0.6) is 0 Å². The molecule has 2 nitrogen and oxygen atoms in total. The number of rotatable bonds is 7. The van der Waals surface area contributed by atoms with Crippen LogP contribution in [-0.4, -0.2) is 17.5 Å². The van der Waals surface area contributed by atoms with Crippen LogP contribution in [0, 0.1) is 22.7 Å². The highest BCUT2D eigenvalue weighted by Gasteiger charge is 2.51. The molecule has 1 rings (SSSR count). The van der Waals surface area contributed by atoms with Crippen LogP contribution in [0.2, 0.25) is 0 Å². The van der Waals surface area contributed by atoms with Crippen molar-refractivity contribution in [2.45, 2.75) is 53.4 Å². The van der Waals surface area contributed by atoms with Gasteiger partial charge in [0.1, 0.15) is 5.78 Å². The van der Waals surface area contributed by atoms with Crippen molar-refractivity contribution >= 4 is 5.78 Å². The van der Waals surface area contributed by atoms with E-state index >= 15 is 0 Å². The van der Waals surface area contributed by atoms with E-state index in [-0.39, 0.29) is 35.1 Å². The quantitative estimate of drug-likeness (QED) is 0.546. The minimum absolute atomic E-state index is 0.0448. The second-order valence-corrected chi connectivity index (χ2v) is 7.44. The highest BCUT2D eigenvalue weighted by atomic mass is 16.3. The van der Waals surface area contributed by atoms with Gasteiger partial charge in [0.15, 0.2) is 0 Å². The first-order valence-corrected chi connectivity index (χ1v) is 8.28. The number of hydrogen-bond donors (Lipinski definition) is 1. The second-order valence-electron chi connectivity index (χ2n) is 7.44. The number of allylic oxidation sites excluding steroid dienone is 4. The van der Waals surface area contributed by atoms with E-state index in [4.69, 9.17) is 0 Å². The molecule has 1 saturated carbocycles. The lowest BCUT2D eigenvalue weighted by atomic mass is 9.51. The van der Waals surface area contributed by atoms with Gasteiger partial charge < -0.3 is 5.11 Å². The number of aliphatic hydroxyl groups excluding tert-OH is 1. The highest BCUT2D eigenvalue weighted by molar-refractivity contribution is 5.79. The third kappa shape index (κ3) is 3.60. The third-order valence-corrected chi connectivity index (χ3v) is 5.81. The number of ketones is 1. The summed E-state index contributed by atoms with van der Waals surface area (Å²) in [6.07, 6.45) is 9.67. The molecule has 0 radical (unpaired) electrons. The monoisotopic (exact) mass is 304 g/mol. The van der Waals surface area contributed by atoms with Gasteiger partial charge in [0.2, 0.25) is 0 Å². The Labute approximate surface area is 136 Å². The van der Waals surface area contributed by atoms with Crippen molar-refractivity contribution in [2.75, 3.05) is 6.61 Å². The average Bonchev–Trinajstić information content (AvgIpc) is 2.46. The smallest absolute Gasteiger partial charge is 0.133 e. The zero-order chi connectivity index (χ0) is 17.0. The number of Topliss-reactive ketones (excluding diaryl/α,β-unsaturated/α-hetero) is 1. The third-order valence-electron chi connectivity index (χ3n) is 5.81. The molecule has 2 heteroatoms. The molecule has 22 heavy (non-hydrogen) atoms. The maximum atomic E-state index is 12.4. The Kier molecular flexibility index (Phi) is 6.37. The van der Waals surface area contributed by atoms with E-state index in [2.05, 4.69) is 33.1 Å². The Morgan fingerprint density at radius 1 is 1.32 bits per heavy atom. The van der Waals surface area contributed by atoms with Gasteiger partial charge in [-0.05, 0) is 49.9 Å². The number of carbonyl (C=O) groups excluding carboxylic acids is 1. The Bertz CT molecular complexity index is 462. The summed E-state index contributed by atoms with van der Waals surface area (Å²) in [5.74, 6) is 0.325. The molecule has 1 aliphatic carbocycles. The van der Waals surface area contributed by atoms with E-state index in [1.807, 2.05) is 19.1 Å². The van der Waals surface area contributed by atoms with E-state index in [0.717, 1.165) is 31.3 Å².